The second-order valence-corrected chi connectivity index (χ2v) is 4.93. The van der Waals surface area contributed by atoms with Gasteiger partial charge in [0.25, 0.3) is 5.56 Å². The van der Waals surface area contributed by atoms with Crippen molar-refractivity contribution in [3.05, 3.63) is 21.0 Å². The summed E-state index contributed by atoms with van der Waals surface area (Å²) in [6.45, 7) is 4.43. The summed E-state index contributed by atoms with van der Waals surface area (Å²) >= 11 is 3.22. The standard InChI is InChI=1S/C11H18BrN3O2/c1-4-7(2)9(16)6-13-8-5-14-15(3)11(17)10(8)12/h5,7,9,13,16H,4,6H2,1-3H3. The van der Waals surface area contributed by atoms with E-state index in [2.05, 4.69) is 26.3 Å². The molecule has 17 heavy (non-hydrogen) atoms. The molecule has 0 aromatic carbocycles. The lowest BCUT2D eigenvalue weighted by atomic mass is 10.0. The summed E-state index contributed by atoms with van der Waals surface area (Å²) in [6, 6.07) is 0. The van der Waals surface area contributed by atoms with Gasteiger partial charge in [0.05, 0.1) is 18.0 Å². The number of nitrogens with one attached hydrogen (secondary N) is 1. The summed E-state index contributed by atoms with van der Waals surface area (Å²) in [6.07, 6.45) is 2.05. The average Bonchev–Trinajstić information content (AvgIpc) is 2.33. The molecule has 0 radical (unpaired) electrons. The van der Waals surface area contributed by atoms with Crippen molar-refractivity contribution >= 4 is 21.6 Å². The van der Waals surface area contributed by atoms with Gasteiger partial charge in [0, 0.05) is 13.6 Å². The topological polar surface area (TPSA) is 67.2 Å². The molecule has 1 rings (SSSR count). The van der Waals surface area contributed by atoms with Crippen LogP contribution in [-0.2, 0) is 7.05 Å². The number of aliphatic hydroxyl groups excluding tert-OH is 1. The quantitative estimate of drug-likeness (QED) is 0.862. The molecule has 0 spiro atoms. The molecule has 2 N–H and O–H groups in total. The van der Waals surface area contributed by atoms with Crippen molar-refractivity contribution in [3.8, 4) is 0 Å². The highest BCUT2D eigenvalue weighted by Crippen LogP contribution is 2.16. The monoisotopic (exact) mass is 303 g/mol. The lowest BCUT2D eigenvalue weighted by Gasteiger charge is -2.18. The highest BCUT2D eigenvalue weighted by atomic mass is 79.9. The van der Waals surface area contributed by atoms with Crippen LogP contribution in [0.15, 0.2) is 15.5 Å². The summed E-state index contributed by atoms with van der Waals surface area (Å²) in [5.41, 5.74) is 0.406. The van der Waals surface area contributed by atoms with E-state index in [-0.39, 0.29) is 11.5 Å². The van der Waals surface area contributed by atoms with Gasteiger partial charge in [0.2, 0.25) is 0 Å². The number of aryl methyl sites for hydroxylation is 1. The van der Waals surface area contributed by atoms with Crippen molar-refractivity contribution in [1.29, 1.82) is 0 Å². The Morgan fingerprint density at radius 2 is 2.29 bits per heavy atom. The molecular formula is C11H18BrN3O2. The molecule has 0 saturated carbocycles. The van der Waals surface area contributed by atoms with E-state index in [1.165, 1.54) is 4.68 Å². The van der Waals surface area contributed by atoms with Crippen molar-refractivity contribution < 1.29 is 5.11 Å². The Bertz CT molecular complexity index is 433. The molecule has 2 atom stereocenters. The molecule has 0 aliphatic heterocycles. The Hall–Kier alpha value is -0.880. The molecule has 96 valence electrons. The molecule has 6 heteroatoms. The Kier molecular flexibility index (Phi) is 5.14. The minimum atomic E-state index is -0.434. The van der Waals surface area contributed by atoms with Gasteiger partial charge in [-0.1, -0.05) is 20.3 Å². The minimum Gasteiger partial charge on any atom is -0.391 e. The lowest BCUT2D eigenvalue weighted by molar-refractivity contribution is 0.126. The van der Waals surface area contributed by atoms with E-state index >= 15 is 0 Å². The first-order chi connectivity index (χ1) is 7.97. The second kappa shape index (κ2) is 6.16. The van der Waals surface area contributed by atoms with Gasteiger partial charge in [-0.3, -0.25) is 4.79 Å². The van der Waals surface area contributed by atoms with E-state index in [0.29, 0.717) is 16.7 Å². The number of halogens is 1. The third kappa shape index (κ3) is 3.54. The normalized spacial score (nSPS) is 14.4. The molecular weight excluding hydrogens is 286 g/mol. The van der Waals surface area contributed by atoms with Crippen LogP contribution in [-0.4, -0.2) is 27.5 Å². The Labute approximate surface area is 109 Å². The zero-order valence-electron chi connectivity index (χ0n) is 10.3. The maximum atomic E-state index is 11.6. The number of hydrogen-bond donors (Lipinski definition) is 2. The van der Waals surface area contributed by atoms with Gasteiger partial charge in [-0.05, 0) is 21.8 Å². The van der Waals surface area contributed by atoms with Crippen LogP contribution < -0.4 is 10.9 Å². The van der Waals surface area contributed by atoms with E-state index in [4.69, 9.17) is 0 Å². The van der Waals surface area contributed by atoms with Crippen molar-refractivity contribution in [1.82, 2.24) is 9.78 Å². The number of hydrogen-bond acceptors (Lipinski definition) is 4. The maximum absolute atomic E-state index is 11.6. The fourth-order valence-electron chi connectivity index (χ4n) is 1.32. The SMILES string of the molecule is CCC(C)C(O)CNc1cnn(C)c(=O)c1Br. The van der Waals surface area contributed by atoms with Gasteiger partial charge < -0.3 is 10.4 Å². The van der Waals surface area contributed by atoms with E-state index in [1.54, 1.807) is 13.2 Å². The molecule has 0 aliphatic carbocycles. The summed E-state index contributed by atoms with van der Waals surface area (Å²) in [5, 5.41) is 16.7. The van der Waals surface area contributed by atoms with Crippen LogP contribution in [0.4, 0.5) is 5.69 Å². The highest BCUT2D eigenvalue weighted by molar-refractivity contribution is 9.10. The van der Waals surface area contributed by atoms with Crippen LogP contribution in [0.3, 0.4) is 0 Å². The van der Waals surface area contributed by atoms with Gasteiger partial charge in [0.15, 0.2) is 0 Å². The molecule has 0 bridgehead atoms. The largest absolute Gasteiger partial charge is 0.391 e. The first-order valence-corrected chi connectivity index (χ1v) is 6.40. The zero-order valence-corrected chi connectivity index (χ0v) is 11.9. The number of anilines is 1. The van der Waals surface area contributed by atoms with E-state index in [1.807, 2.05) is 13.8 Å². The third-order valence-electron chi connectivity index (χ3n) is 2.88. The third-order valence-corrected chi connectivity index (χ3v) is 3.65. The molecule has 1 aromatic rings. The van der Waals surface area contributed by atoms with Crippen LogP contribution in [0.1, 0.15) is 20.3 Å². The summed E-state index contributed by atoms with van der Waals surface area (Å²) in [7, 11) is 1.59. The van der Waals surface area contributed by atoms with E-state index < -0.39 is 6.10 Å². The van der Waals surface area contributed by atoms with Gasteiger partial charge in [-0.2, -0.15) is 5.10 Å². The Morgan fingerprint density at radius 3 is 2.88 bits per heavy atom. The Morgan fingerprint density at radius 1 is 1.65 bits per heavy atom. The van der Waals surface area contributed by atoms with Crippen molar-refractivity contribution in [2.75, 3.05) is 11.9 Å². The van der Waals surface area contributed by atoms with E-state index in [9.17, 15) is 9.90 Å². The summed E-state index contributed by atoms with van der Waals surface area (Å²) in [5.74, 6) is 0.223. The van der Waals surface area contributed by atoms with Crippen molar-refractivity contribution in [3.63, 3.8) is 0 Å². The van der Waals surface area contributed by atoms with E-state index in [0.717, 1.165) is 6.42 Å². The van der Waals surface area contributed by atoms with Crippen molar-refractivity contribution in [2.45, 2.75) is 26.4 Å². The highest BCUT2D eigenvalue weighted by Gasteiger charge is 2.13. The predicted molar refractivity (Wildman–Crippen MR) is 71.1 cm³/mol. The number of aliphatic hydroxyl groups is 1. The van der Waals surface area contributed by atoms with Gasteiger partial charge in [-0.15, -0.1) is 0 Å². The number of aromatic nitrogens is 2. The van der Waals surface area contributed by atoms with Gasteiger partial charge >= 0.3 is 0 Å². The fraction of sp³-hybridized carbons (Fsp3) is 0.636. The van der Waals surface area contributed by atoms with Gasteiger partial charge in [-0.25, -0.2) is 4.68 Å². The predicted octanol–water partition coefficient (Wildman–Crippen LogP) is 1.36. The molecule has 0 amide bonds. The second-order valence-electron chi connectivity index (χ2n) is 4.13. The van der Waals surface area contributed by atoms with Crippen LogP contribution in [0, 0.1) is 5.92 Å². The molecule has 1 aromatic heterocycles. The van der Waals surface area contributed by atoms with Crippen LogP contribution >= 0.6 is 15.9 Å². The molecule has 5 nitrogen and oxygen atoms in total. The molecule has 0 fully saturated rings. The maximum Gasteiger partial charge on any atom is 0.282 e. The first-order valence-electron chi connectivity index (χ1n) is 5.61. The van der Waals surface area contributed by atoms with Crippen LogP contribution in [0.2, 0.25) is 0 Å². The van der Waals surface area contributed by atoms with Crippen LogP contribution in [0.25, 0.3) is 0 Å². The first kappa shape index (κ1) is 14.2. The number of rotatable bonds is 5. The summed E-state index contributed by atoms with van der Waals surface area (Å²) in [4.78, 5) is 11.6. The minimum absolute atomic E-state index is 0.201. The fourth-order valence-corrected chi connectivity index (χ4v) is 1.82. The molecule has 0 aliphatic rings. The van der Waals surface area contributed by atoms with Gasteiger partial charge in [0.1, 0.15) is 4.47 Å². The Balaban J connectivity index is 2.71. The lowest BCUT2D eigenvalue weighted by Crippen LogP contribution is -2.28. The average molecular weight is 304 g/mol. The summed E-state index contributed by atoms with van der Waals surface area (Å²) < 4.78 is 1.69. The molecule has 0 saturated heterocycles. The smallest absolute Gasteiger partial charge is 0.282 e. The molecule has 1 heterocycles. The number of nitrogens with zero attached hydrogens (tertiary/aromatic N) is 2. The van der Waals surface area contributed by atoms with Crippen molar-refractivity contribution in [2.24, 2.45) is 13.0 Å². The molecule has 2 unspecified atom stereocenters. The zero-order chi connectivity index (χ0) is 13.0. The van der Waals surface area contributed by atoms with Crippen LogP contribution in [0.5, 0.6) is 0 Å².